The van der Waals surface area contributed by atoms with Crippen LogP contribution in [0.1, 0.15) is 30.0 Å². The van der Waals surface area contributed by atoms with Gasteiger partial charge >= 0.3 is 12.1 Å². The fourth-order valence-corrected chi connectivity index (χ4v) is 2.32. The van der Waals surface area contributed by atoms with Crippen LogP contribution in [0, 0.1) is 11.3 Å². The maximum atomic E-state index is 14.4. The predicted octanol–water partition coefficient (Wildman–Crippen LogP) is 4.38. The molecule has 0 radical (unpaired) electrons. The normalized spacial score (nSPS) is 11.5. The lowest BCUT2D eigenvalue weighted by molar-refractivity contribution is -0.137. The summed E-state index contributed by atoms with van der Waals surface area (Å²) in [7, 11) is 1.43. The van der Waals surface area contributed by atoms with Gasteiger partial charge in [0.2, 0.25) is 0 Å². The number of halogens is 1. The molecule has 2 aromatic rings. The van der Waals surface area contributed by atoms with E-state index in [1.165, 1.54) is 25.3 Å². The average Bonchev–Trinajstić information content (AvgIpc) is 2.72. The van der Waals surface area contributed by atoms with Gasteiger partial charge in [0, 0.05) is 24.4 Å². The largest absolute Gasteiger partial charge is 0.463 e. The smallest absolute Gasteiger partial charge is 0.416 e. The van der Waals surface area contributed by atoms with Crippen LogP contribution in [0.4, 0.5) is 14.9 Å². The summed E-state index contributed by atoms with van der Waals surface area (Å²) in [6.45, 7) is 1.98. The number of amides is 1. The molecule has 0 saturated carbocycles. The van der Waals surface area contributed by atoms with E-state index in [-0.39, 0.29) is 17.7 Å². The van der Waals surface area contributed by atoms with E-state index in [1.54, 1.807) is 49.4 Å². The molecule has 1 atom stereocenters. The van der Waals surface area contributed by atoms with Crippen LogP contribution in [0.25, 0.3) is 6.08 Å². The maximum absolute atomic E-state index is 14.4. The number of alkyl halides is 1. The third kappa shape index (κ3) is 5.42. The molecule has 0 aliphatic rings. The Morgan fingerprint density at radius 2 is 2.00 bits per heavy atom. The molecule has 0 saturated heterocycles. The molecule has 0 aliphatic heterocycles. The van der Waals surface area contributed by atoms with Crippen LogP contribution in [-0.4, -0.2) is 25.7 Å². The van der Waals surface area contributed by atoms with Crippen molar-refractivity contribution < 1.29 is 23.5 Å². The second-order valence-electron chi connectivity index (χ2n) is 5.64. The summed E-state index contributed by atoms with van der Waals surface area (Å²) in [6.07, 6.45) is -0.177. The molecule has 0 fully saturated rings. The van der Waals surface area contributed by atoms with E-state index in [0.29, 0.717) is 11.3 Å². The number of rotatable bonds is 6. The summed E-state index contributed by atoms with van der Waals surface area (Å²) < 4.78 is 24.0. The minimum atomic E-state index is -2.07. The van der Waals surface area contributed by atoms with E-state index in [9.17, 15) is 14.0 Å². The van der Waals surface area contributed by atoms with Crippen LogP contribution in [-0.2, 0) is 14.3 Å². The molecule has 0 spiro atoms. The molecule has 144 valence electrons. The van der Waals surface area contributed by atoms with Crippen molar-refractivity contribution in [1.29, 1.82) is 5.26 Å². The van der Waals surface area contributed by atoms with Crippen molar-refractivity contribution in [2.24, 2.45) is 0 Å². The van der Waals surface area contributed by atoms with E-state index in [0.717, 1.165) is 4.90 Å². The molecule has 1 amide bonds. The SMILES string of the molecule is CCOC(=O)/C=C/c1cccc(N(C)C(=O)OC(F)c2ccccc2C#N)c1. The average molecular weight is 382 g/mol. The molecule has 0 aromatic heterocycles. The Bertz CT molecular complexity index is 921. The van der Waals surface area contributed by atoms with Gasteiger partial charge in [-0.3, -0.25) is 4.90 Å². The quantitative estimate of drug-likeness (QED) is 0.547. The van der Waals surface area contributed by atoms with Crippen LogP contribution >= 0.6 is 0 Å². The van der Waals surface area contributed by atoms with Crippen LogP contribution in [0.3, 0.4) is 0 Å². The van der Waals surface area contributed by atoms with E-state index in [4.69, 9.17) is 14.7 Å². The standard InChI is InChI=1S/C21H19FN2O4/c1-3-27-19(25)12-11-15-7-6-9-17(13-15)24(2)21(26)28-20(22)18-10-5-4-8-16(18)14-23/h4-13,20H,3H2,1-2H3/b12-11+. The summed E-state index contributed by atoms with van der Waals surface area (Å²) in [5.74, 6) is -0.475. The lowest BCUT2D eigenvalue weighted by Gasteiger charge is -2.19. The molecule has 2 aromatic carbocycles. The Kier molecular flexibility index (Phi) is 7.28. The first-order valence-corrected chi connectivity index (χ1v) is 8.48. The number of carbonyl (C=O) groups is 2. The molecule has 28 heavy (non-hydrogen) atoms. The van der Waals surface area contributed by atoms with Crippen molar-refractivity contribution >= 4 is 23.8 Å². The first kappa shape index (κ1) is 20.6. The maximum Gasteiger partial charge on any atom is 0.416 e. The number of ether oxygens (including phenoxy) is 2. The van der Waals surface area contributed by atoms with Gasteiger partial charge in [0.25, 0.3) is 6.36 Å². The lowest BCUT2D eigenvalue weighted by Crippen LogP contribution is -2.28. The summed E-state index contributed by atoms with van der Waals surface area (Å²) in [5.41, 5.74) is 1.17. The van der Waals surface area contributed by atoms with Gasteiger partial charge in [-0.05, 0) is 36.8 Å². The second kappa shape index (κ2) is 9.88. The number of nitrogens with zero attached hydrogens (tertiary/aromatic N) is 2. The van der Waals surface area contributed by atoms with Crippen molar-refractivity contribution in [3.8, 4) is 6.07 Å². The number of hydrogen-bond donors (Lipinski definition) is 0. The first-order chi connectivity index (χ1) is 13.5. The molecular weight excluding hydrogens is 363 g/mol. The lowest BCUT2D eigenvalue weighted by atomic mass is 10.1. The topological polar surface area (TPSA) is 79.6 Å². The monoisotopic (exact) mass is 382 g/mol. The highest BCUT2D eigenvalue weighted by Crippen LogP contribution is 2.25. The molecule has 0 aliphatic carbocycles. The fraction of sp³-hybridized carbons (Fsp3) is 0.190. The number of hydrogen-bond acceptors (Lipinski definition) is 5. The number of carbonyl (C=O) groups excluding carboxylic acids is 2. The third-order valence-corrected chi connectivity index (χ3v) is 3.76. The minimum Gasteiger partial charge on any atom is -0.463 e. The summed E-state index contributed by atoms with van der Waals surface area (Å²) in [6, 6.07) is 14.5. The first-order valence-electron chi connectivity index (χ1n) is 8.48. The van der Waals surface area contributed by atoms with Crippen molar-refractivity contribution in [3.63, 3.8) is 0 Å². The summed E-state index contributed by atoms with van der Waals surface area (Å²) in [4.78, 5) is 24.8. The van der Waals surface area contributed by atoms with Gasteiger partial charge < -0.3 is 9.47 Å². The van der Waals surface area contributed by atoms with Gasteiger partial charge in [0.05, 0.1) is 18.2 Å². The Hall–Kier alpha value is -3.66. The molecule has 0 bridgehead atoms. The second-order valence-corrected chi connectivity index (χ2v) is 5.64. The van der Waals surface area contributed by atoms with Crippen LogP contribution in [0.15, 0.2) is 54.6 Å². The molecule has 7 heteroatoms. The summed E-state index contributed by atoms with van der Waals surface area (Å²) >= 11 is 0. The number of benzene rings is 2. The highest BCUT2D eigenvalue weighted by Gasteiger charge is 2.21. The zero-order valence-electron chi connectivity index (χ0n) is 15.5. The fourth-order valence-electron chi connectivity index (χ4n) is 2.32. The molecule has 0 heterocycles. The summed E-state index contributed by atoms with van der Waals surface area (Å²) in [5, 5.41) is 9.04. The van der Waals surface area contributed by atoms with Gasteiger partial charge in [-0.15, -0.1) is 0 Å². The highest BCUT2D eigenvalue weighted by atomic mass is 19.1. The molecule has 1 unspecified atom stereocenters. The predicted molar refractivity (Wildman–Crippen MR) is 102 cm³/mol. The van der Waals surface area contributed by atoms with E-state index in [1.807, 2.05) is 6.07 Å². The highest BCUT2D eigenvalue weighted by molar-refractivity contribution is 5.89. The Labute approximate surface area is 162 Å². The zero-order valence-corrected chi connectivity index (χ0v) is 15.5. The number of anilines is 1. The minimum absolute atomic E-state index is 0.0159. The Morgan fingerprint density at radius 1 is 1.25 bits per heavy atom. The van der Waals surface area contributed by atoms with Crippen molar-refractivity contribution in [3.05, 3.63) is 71.3 Å². The van der Waals surface area contributed by atoms with E-state index in [2.05, 4.69) is 0 Å². The number of nitriles is 1. The Morgan fingerprint density at radius 3 is 2.71 bits per heavy atom. The molecular formula is C21H19FN2O4. The molecule has 6 nitrogen and oxygen atoms in total. The van der Waals surface area contributed by atoms with Gasteiger partial charge in [-0.1, -0.05) is 30.3 Å². The van der Waals surface area contributed by atoms with Crippen LogP contribution in [0.2, 0.25) is 0 Å². The van der Waals surface area contributed by atoms with Gasteiger partial charge in [-0.25, -0.2) is 9.59 Å². The van der Waals surface area contributed by atoms with Gasteiger partial charge in [-0.2, -0.15) is 9.65 Å². The van der Waals surface area contributed by atoms with E-state index >= 15 is 0 Å². The zero-order chi connectivity index (χ0) is 20.5. The van der Waals surface area contributed by atoms with Crippen molar-refractivity contribution in [1.82, 2.24) is 0 Å². The van der Waals surface area contributed by atoms with Crippen molar-refractivity contribution in [2.75, 3.05) is 18.6 Å². The van der Waals surface area contributed by atoms with Gasteiger partial charge in [0.15, 0.2) is 0 Å². The van der Waals surface area contributed by atoms with Gasteiger partial charge in [0.1, 0.15) is 0 Å². The Balaban J connectivity index is 2.10. The van der Waals surface area contributed by atoms with E-state index < -0.39 is 18.4 Å². The molecule has 2 rings (SSSR count). The number of esters is 1. The van der Waals surface area contributed by atoms with Crippen LogP contribution < -0.4 is 4.90 Å². The van der Waals surface area contributed by atoms with Crippen LogP contribution in [0.5, 0.6) is 0 Å². The van der Waals surface area contributed by atoms with Crippen molar-refractivity contribution in [2.45, 2.75) is 13.3 Å². The molecule has 0 N–H and O–H groups in total. The third-order valence-electron chi connectivity index (χ3n) is 3.76.